The first-order chi connectivity index (χ1) is 4.12. The van der Waals surface area contributed by atoms with E-state index in [1.165, 1.54) is 0 Å². The summed E-state index contributed by atoms with van der Waals surface area (Å²) >= 11 is 14.8. The molecule has 0 unspecified atom stereocenters. The molecule has 0 aromatic carbocycles. The van der Waals surface area contributed by atoms with Crippen molar-refractivity contribution in [3.05, 3.63) is 0 Å². The van der Waals surface area contributed by atoms with Crippen LogP contribution in [0.15, 0.2) is 0 Å². The van der Waals surface area contributed by atoms with Gasteiger partial charge in [0, 0.05) is 0 Å². The second-order valence-corrected chi connectivity index (χ2v) is 5.65. The maximum atomic E-state index is 10.8. The predicted molar refractivity (Wildman–Crippen MR) is 37.1 cm³/mol. The lowest BCUT2D eigenvalue weighted by Crippen LogP contribution is -1.88. The zero-order valence-corrected chi connectivity index (χ0v) is 7.38. The van der Waals surface area contributed by atoms with Crippen LogP contribution < -0.4 is 0 Å². The highest BCUT2D eigenvalue weighted by molar-refractivity contribution is 7.88. The molecule has 0 amide bonds. The molecule has 0 rings (SSSR count). The van der Waals surface area contributed by atoms with Gasteiger partial charge in [-0.15, -0.1) is 0 Å². The summed E-state index contributed by atoms with van der Waals surface area (Å²) < 4.78 is 18.8. The van der Waals surface area contributed by atoms with Gasteiger partial charge in [-0.1, -0.05) is 0 Å². The van der Waals surface area contributed by atoms with Crippen LogP contribution in [0.5, 0.6) is 0 Å². The Morgan fingerprint density at radius 2 is 1.56 bits per heavy atom. The van der Waals surface area contributed by atoms with Crippen molar-refractivity contribution in [1.29, 1.82) is 0 Å². The van der Waals surface area contributed by atoms with Crippen LogP contribution in [0.4, 0.5) is 0 Å². The normalized spacial score (nSPS) is 11.9. The molecule has 0 aliphatic heterocycles. The summed E-state index contributed by atoms with van der Waals surface area (Å²) in [6, 6.07) is 0. The first-order valence-corrected chi connectivity index (χ1v) is 5.47. The molecule has 0 aliphatic carbocycles. The van der Waals surface area contributed by atoms with Crippen molar-refractivity contribution in [3.8, 4) is 0 Å². The molecule has 0 bridgehead atoms. The maximum absolute atomic E-state index is 10.8. The third kappa shape index (κ3) is 5.46. The predicted octanol–water partition coefficient (Wildman–Crippen LogP) is 2.76. The van der Waals surface area contributed by atoms with E-state index in [4.69, 9.17) is 35.0 Å². The average Bonchev–Trinajstić information content (AvgIpc) is 1.64. The monoisotopic (exact) mass is 212 g/mol. The van der Waals surface area contributed by atoms with Gasteiger partial charge >= 0.3 is 0 Å². The molecule has 0 saturated heterocycles. The van der Waals surface area contributed by atoms with Crippen molar-refractivity contribution in [1.82, 2.24) is 0 Å². The maximum Gasteiger partial charge on any atom is 0.222 e. The molecule has 56 valence electrons. The van der Waals surface area contributed by atoms with Crippen molar-refractivity contribution >= 4 is 41.5 Å². The van der Waals surface area contributed by atoms with Gasteiger partial charge in [0.15, 0.2) is 0 Å². The molecule has 0 aromatic rings. The molecule has 0 aromatic heterocycles. The molecular formula is C2H4Cl3O3P. The van der Waals surface area contributed by atoms with Crippen LogP contribution in [0.1, 0.15) is 0 Å². The van der Waals surface area contributed by atoms with Gasteiger partial charge in [-0.3, -0.25) is 8.58 Å². The van der Waals surface area contributed by atoms with E-state index in [2.05, 4.69) is 8.58 Å². The summed E-state index contributed by atoms with van der Waals surface area (Å²) in [5.74, 6) is 0. The van der Waals surface area contributed by atoms with Gasteiger partial charge in [0.05, 0.1) is 23.7 Å². The summed E-state index contributed by atoms with van der Waals surface area (Å²) in [5.41, 5.74) is 0. The molecule has 0 heterocycles. The van der Waals surface area contributed by atoms with Crippen LogP contribution in [0.2, 0.25) is 0 Å². The number of hydrogen-bond acceptors (Lipinski definition) is 3. The van der Waals surface area contributed by atoms with Gasteiger partial charge in [0.1, 0.15) is 12.7 Å². The van der Waals surface area contributed by atoms with Crippen LogP contribution in [-0.4, -0.2) is 12.7 Å². The van der Waals surface area contributed by atoms with Crippen molar-refractivity contribution in [3.63, 3.8) is 0 Å². The second-order valence-electron chi connectivity index (χ2n) is 1.27. The van der Waals surface area contributed by atoms with Gasteiger partial charge in [-0.25, -0.2) is 0 Å². The summed E-state index contributed by atoms with van der Waals surface area (Å²) in [6.07, 6.45) is -0.494. The molecule has 0 saturated carbocycles. The lowest BCUT2D eigenvalue weighted by Gasteiger charge is -2.02. The zero-order valence-electron chi connectivity index (χ0n) is 4.22. The summed E-state index contributed by atoms with van der Waals surface area (Å²) in [4.78, 5) is 0. The smallest absolute Gasteiger partial charge is 0.222 e. The number of hydrogen-bond donors (Lipinski definition) is 0. The Kier molecular flexibility index (Phi) is 5.32. The van der Waals surface area contributed by atoms with Crippen molar-refractivity contribution in [2.75, 3.05) is 12.7 Å². The molecule has 0 atom stereocenters. The standard InChI is InChI=1S/C2H4Cl3O3P/c3-7-1-9(5,6)2-8-4/h1-2H2. The Bertz CT molecular complexity index is 108. The minimum Gasteiger partial charge on any atom is -0.302 e. The first kappa shape index (κ1) is 10.0. The summed E-state index contributed by atoms with van der Waals surface area (Å²) in [6.45, 7) is -2.93. The largest absolute Gasteiger partial charge is 0.302 e. The van der Waals surface area contributed by atoms with E-state index in [9.17, 15) is 4.57 Å². The second kappa shape index (κ2) is 4.78. The minimum absolute atomic E-state index is 0.247. The number of halogens is 3. The Labute approximate surface area is 67.7 Å². The molecule has 0 radical (unpaired) electrons. The molecule has 0 N–H and O–H groups in total. The Morgan fingerprint density at radius 3 is 1.78 bits per heavy atom. The molecule has 0 spiro atoms. The van der Waals surface area contributed by atoms with Crippen LogP contribution in [0.25, 0.3) is 0 Å². The Morgan fingerprint density at radius 1 is 1.22 bits per heavy atom. The van der Waals surface area contributed by atoms with Crippen LogP contribution in [-0.2, 0) is 13.1 Å². The summed E-state index contributed by atoms with van der Waals surface area (Å²) in [7, 11) is 0. The van der Waals surface area contributed by atoms with Crippen molar-refractivity contribution < 1.29 is 13.1 Å². The summed E-state index contributed by atoms with van der Waals surface area (Å²) in [5, 5.41) is 0. The first-order valence-electron chi connectivity index (χ1n) is 1.87. The van der Waals surface area contributed by atoms with E-state index < -0.39 is 6.49 Å². The highest BCUT2D eigenvalue weighted by Gasteiger charge is 2.18. The molecule has 0 fully saturated rings. The van der Waals surface area contributed by atoms with Gasteiger partial charge in [0.25, 0.3) is 0 Å². The third-order valence-corrected chi connectivity index (χ3v) is 2.62. The molecule has 0 aliphatic rings. The molecule has 3 nitrogen and oxygen atoms in total. The molecule has 7 heteroatoms. The Hall–Kier alpha value is 1.02. The SMILES string of the molecule is O=P(Cl)(COCl)COCl. The lowest BCUT2D eigenvalue weighted by atomic mass is 11.7. The van der Waals surface area contributed by atoms with Crippen LogP contribution in [0, 0.1) is 0 Å². The topological polar surface area (TPSA) is 35.5 Å². The fourth-order valence-corrected chi connectivity index (χ4v) is 2.09. The highest BCUT2D eigenvalue weighted by atomic mass is 35.7. The van der Waals surface area contributed by atoms with E-state index in [0.29, 0.717) is 0 Å². The molecule has 9 heavy (non-hydrogen) atoms. The van der Waals surface area contributed by atoms with Gasteiger partial charge in [-0.2, -0.15) is 0 Å². The van der Waals surface area contributed by atoms with Crippen molar-refractivity contribution in [2.24, 2.45) is 0 Å². The average molecular weight is 213 g/mol. The van der Waals surface area contributed by atoms with Gasteiger partial charge in [0.2, 0.25) is 6.49 Å². The fraction of sp³-hybridized carbons (Fsp3) is 1.00. The zero-order chi connectivity index (χ0) is 7.33. The molecular weight excluding hydrogens is 209 g/mol. The third-order valence-electron chi connectivity index (χ3n) is 0.483. The quantitative estimate of drug-likeness (QED) is 0.674. The number of rotatable bonds is 4. The van der Waals surface area contributed by atoms with Crippen LogP contribution in [0.3, 0.4) is 0 Å². The van der Waals surface area contributed by atoms with E-state index in [1.54, 1.807) is 0 Å². The Balaban J connectivity index is 3.58. The van der Waals surface area contributed by atoms with E-state index in [-0.39, 0.29) is 12.7 Å². The van der Waals surface area contributed by atoms with E-state index in [0.717, 1.165) is 0 Å². The van der Waals surface area contributed by atoms with E-state index >= 15 is 0 Å². The minimum atomic E-state index is -2.93. The van der Waals surface area contributed by atoms with Gasteiger partial charge in [-0.05, 0) is 11.2 Å². The lowest BCUT2D eigenvalue weighted by molar-refractivity contribution is 0.387. The van der Waals surface area contributed by atoms with E-state index in [1.807, 2.05) is 0 Å². The van der Waals surface area contributed by atoms with Crippen LogP contribution >= 0.6 is 41.5 Å². The van der Waals surface area contributed by atoms with Gasteiger partial charge < -0.3 is 4.57 Å². The van der Waals surface area contributed by atoms with Crippen molar-refractivity contribution in [2.45, 2.75) is 0 Å². The fourth-order valence-electron chi connectivity index (χ4n) is 0.183. The highest BCUT2D eigenvalue weighted by Crippen LogP contribution is 2.51.